The van der Waals surface area contributed by atoms with Gasteiger partial charge in [0, 0.05) is 26.2 Å². The summed E-state index contributed by atoms with van der Waals surface area (Å²) in [4.78, 5) is 28.6. The highest BCUT2D eigenvalue weighted by Gasteiger charge is 2.48. The molecule has 2 atom stereocenters. The van der Waals surface area contributed by atoms with Crippen molar-refractivity contribution in [2.75, 3.05) is 32.8 Å². The van der Waals surface area contributed by atoms with Crippen LogP contribution in [0.5, 0.6) is 0 Å². The van der Waals surface area contributed by atoms with Gasteiger partial charge in [-0.1, -0.05) is 18.9 Å². The van der Waals surface area contributed by atoms with Crippen molar-refractivity contribution in [2.24, 2.45) is 11.8 Å². The van der Waals surface area contributed by atoms with Crippen LogP contribution in [0.2, 0.25) is 0 Å². The minimum Gasteiger partial charge on any atom is -0.283 e. The number of thiophene rings is 1. The van der Waals surface area contributed by atoms with Gasteiger partial charge in [-0.2, -0.15) is 4.31 Å². The lowest BCUT2D eigenvalue weighted by Crippen LogP contribution is -2.52. The number of imide groups is 1. The van der Waals surface area contributed by atoms with Crippen molar-refractivity contribution in [1.82, 2.24) is 14.1 Å². The highest BCUT2D eigenvalue weighted by molar-refractivity contribution is 7.91. The Bertz CT molecular complexity index is 761. The van der Waals surface area contributed by atoms with Crippen molar-refractivity contribution < 1.29 is 18.0 Å². The van der Waals surface area contributed by atoms with Gasteiger partial charge in [0.1, 0.15) is 4.21 Å². The molecule has 9 heteroatoms. The minimum atomic E-state index is -3.43. The Labute approximate surface area is 157 Å². The first-order valence-corrected chi connectivity index (χ1v) is 11.4. The Kier molecular flexibility index (Phi) is 4.89. The van der Waals surface area contributed by atoms with Gasteiger partial charge in [-0.25, -0.2) is 8.42 Å². The first-order chi connectivity index (χ1) is 12.5. The molecule has 1 saturated carbocycles. The Morgan fingerprint density at radius 3 is 2.15 bits per heavy atom. The average molecular weight is 398 g/mol. The number of likely N-dealkylation sites (tertiary alicyclic amines) is 1. The first kappa shape index (κ1) is 18.1. The van der Waals surface area contributed by atoms with Crippen LogP contribution < -0.4 is 0 Å². The summed E-state index contributed by atoms with van der Waals surface area (Å²) in [6, 6.07) is 3.35. The van der Waals surface area contributed by atoms with Crippen LogP contribution in [0.1, 0.15) is 25.7 Å². The molecular formula is C17H23N3O4S2. The quantitative estimate of drug-likeness (QED) is 0.713. The zero-order valence-corrected chi connectivity index (χ0v) is 16.2. The normalized spacial score (nSPS) is 28.5. The van der Waals surface area contributed by atoms with Gasteiger partial charge in [0.25, 0.3) is 10.0 Å². The molecule has 0 N–H and O–H groups in total. The van der Waals surface area contributed by atoms with E-state index in [4.69, 9.17) is 0 Å². The maximum atomic E-state index is 12.6. The monoisotopic (exact) mass is 397 g/mol. The van der Waals surface area contributed by atoms with Gasteiger partial charge in [-0.3, -0.25) is 19.4 Å². The Morgan fingerprint density at radius 2 is 1.62 bits per heavy atom. The van der Waals surface area contributed by atoms with Crippen molar-refractivity contribution >= 4 is 33.2 Å². The molecule has 1 aromatic heterocycles. The van der Waals surface area contributed by atoms with E-state index in [2.05, 4.69) is 0 Å². The fourth-order valence-corrected chi connectivity index (χ4v) is 6.79. The molecule has 3 heterocycles. The molecule has 2 aliphatic heterocycles. The van der Waals surface area contributed by atoms with Crippen LogP contribution in [0.15, 0.2) is 21.7 Å². The number of carbonyl (C=O) groups is 2. The largest absolute Gasteiger partial charge is 0.283 e. The summed E-state index contributed by atoms with van der Waals surface area (Å²) in [5, 5.41) is 1.76. The Hall–Kier alpha value is -1.29. The van der Waals surface area contributed by atoms with Crippen LogP contribution in [0.4, 0.5) is 0 Å². The molecule has 142 valence electrons. The molecule has 7 nitrogen and oxygen atoms in total. The van der Waals surface area contributed by atoms with Gasteiger partial charge in [0.2, 0.25) is 11.8 Å². The molecular weight excluding hydrogens is 374 g/mol. The van der Waals surface area contributed by atoms with E-state index in [1.54, 1.807) is 17.5 Å². The third-order valence-corrected chi connectivity index (χ3v) is 8.97. The highest BCUT2D eigenvalue weighted by Crippen LogP contribution is 2.38. The lowest BCUT2D eigenvalue weighted by atomic mass is 9.81. The van der Waals surface area contributed by atoms with E-state index >= 15 is 0 Å². The SMILES string of the molecule is O=C1C2CCCCC2C(=O)N1CN1CCN(S(=O)(=O)c2cccs2)CC1. The summed E-state index contributed by atoms with van der Waals surface area (Å²) >= 11 is 1.22. The highest BCUT2D eigenvalue weighted by atomic mass is 32.2. The van der Waals surface area contributed by atoms with Crippen LogP contribution in [0.3, 0.4) is 0 Å². The van der Waals surface area contributed by atoms with E-state index in [0.717, 1.165) is 25.7 Å². The maximum absolute atomic E-state index is 12.6. The number of sulfonamides is 1. The number of piperazine rings is 1. The third-order valence-electron chi connectivity index (χ3n) is 5.69. The molecule has 1 aromatic rings. The number of hydrogen-bond donors (Lipinski definition) is 0. The number of fused-ring (bicyclic) bond motifs is 1. The van der Waals surface area contributed by atoms with Gasteiger partial charge < -0.3 is 0 Å². The van der Waals surface area contributed by atoms with E-state index in [1.807, 2.05) is 4.90 Å². The summed E-state index contributed by atoms with van der Waals surface area (Å²) in [6.45, 7) is 2.10. The molecule has 0 spiro atoms. The van der Waals surface area contributed by atoms with Crippen LogP contribution in [-0.2, 0) is 19.6 Å². The van der Waals surface area contributed by atoms with Crippen LogP contribution in [-0.4, -0.2) is 67.2 Å². The lowest BCUT2D eigenvalue weighted by molar-refractivity contribution is -0.142. The molecule has 1 aliphatic carbocycles. The first-order valence-electron chi connectivity index (χ1n) is 9.10. The van der Waals surface area contributed by atoms with Gasteiger partial charge in [-0.05, 0) is 24.3 Å². The standard InChI is InChI=1S/C17H23N3O4S2/c21-16-13-4-1-2-5-14(13)17(22)20(16)12-18-7-9-19(10-8-18)26(23,24)15-6-3-11-25-15/h3,6,11,13-14H,1-2,4-5,7-10,12H2. The molecule has 3 fully saturated rings. The van der Waals surface area contributed by atoms with Crippen LogP contribution in [0, 0.1) is 11.8 Å². The summed E-state index contributed by atoms with van der Waals surface area (Å²) in [5.41, 5.74) is 0. The van der Waals surface area contributed by atoms with Crippen molar-refractivity contribution in [2.45, 2.75) is 29.9 Å². The summed E-state index contributed by atoms with van der Waals surface area (Å²) < 4.78 is 27.0. The molecule has 26 heavy (non-hydrogen) atoms. The number of nitrogens with zero attached hydrogens (tertiary/aromatic N) is 3. The summed E-state index contributed by atoms with van der Waals surface area (Å²) in [7, 11) is -3.43. The zero-order valence-electron chi connectivity index (χ0n) is 14.5. The zero-order chi connectivity index (χ0) is 18.3. The van der Waals surface area contributed by atoms with Gasteiger partial charge in [-0.15, -0.1) is 11.3 Å². The smallest absolute Gasteiger partial charge is 0.252 e. The predicted molar refractivity (Wildman–Crippen MR) is 96.8 cm³/mol. The Balaban J connectivity index is 1.37. The number of carbonyl (C=O) groups excluding carboxylic acids is 2. The van der Waals surface area contributed by atoms with E-state index in [1.165, 1.54) is 20.5 Å². The fourth-order valence-electron chi connectivity index (χ4n) is 4.22. The van der Waals surface area contributed by atoms with Crippen molar-refractivity contribution in [1.29, 1.82) is 0 Å². The van der Waals surface area contributed by atoms with Crippen LogP contribution in [0.25, 0.3) is 0 Å². The Morgan fingerprint density at radius 1 is 1.00 bits per heavy atom. The van der Waals surface area contributed by atoms with Crippen molar-refractivity contribution in [3.63, 3.8) is 0 Å². The van der Waals surface area contributed by atoms with Crippen molar-refractivity contribution in [3.05, 3.63) is 17.5 Å². The number of hydrogen-bond acceptors (Lipinski definition) is 6. The maximum Gasteiger partial charge on any atom is 0.252 e. The van der Waals surface area contributed by atoms with Crippen LogP contribution >= 0.6 is 11.3 Å². The van der Waals surface area contributed by atoms with Crippen molar-refractivity contribution in [3.8, 4) is 0 Å². The van der Waals surface area contributed by atoms with E-state index in [-0.39, 0.29) is 30.3 Å². The fraction of sp³-hybridized carbons (Fsp3) is 0.647. The molecule has 2 unspecified atom stereocenters. The summed E-state index contributed by atoms with van der Waals surface area (Å²) in [6.07, 6.45) is 3.68. The molecule has 2 amide bonds. The molecule has 0 aromatic carbocycles. The predicted octanol–water partition coefficient (Wildman–Crippen LogP) is 1.19. The molecule has 2 saturated heterocycles. The number of amides is 2. The molecule has 4 rings (SSSR count). The number of rotatable bonds is 4. The minimum absolute atomic E-state index is 0.0339. The van der Waals surface area contributed by atoms with E-state index in [9.17, 15) is 18.0 Å². The molecule has 0 bridgehead atoms. The second-order valence-corrected chi connectivity index (χ2v) is 10.3. The van der Waals surface area contributed by atoms with Gasteiger partial charge in [0.05, 0.1) is 18.5 Å². The third kappa shape index (κ3) is 3.11. The molecule has 3 aliphatic rings. The second kappa shape index (κ2) is 7.03. The van der Waals surface area contributed by atoms with Gasteiger partial charge in [0.15, 0.2) is 0 Å². The van der Waals surface area contributed by atoms with E-state index in [0.29, 0.717) is 30.4 Å². The summed E-state index contributed by atoms with van der Waals surface area (Å²) in [5.74, 6) is -0.324. The second-order valence-electron chi connectivity index (χ2n) is 7.20. The topological polar surface area (TPSA) is 78.0 Å². The van der Waals surface area contributed by atoms with Gasteiger partial charge >= 0.3 is 0 Å². The van der Waals surface area contributed by atoms with E-state index < -0.39 is 10.0 Å². The molecule has 0 radical (unpaired) electrons. The lowest BCUT2D eigenvalue weighted by Gasteiger charge is -2.35. The average Bonchev–Trinajstić information content (AvgIpc) is 3.27.